The summed E-state index contributed by atoms with van der Waals surface area (Å²) in [6.45, 7) is 4.86. The maximum absolute atomic E-state index is 13.2. The summed E-state index contributed by atoms with van der Waals surface area (Å²) in [6, 6.07) is 17.2. The van der Waals surface area contributed by atoms with Crippen LogP contribution in [0.4, 0.5) is 0 Å². The van der Waals surface area contributed by atoms with Gasteiger partial charge in [0.05, 0.1) is 19.1 Å². The number of carbonyl (C=O) groups excluding carboxylic acids is 2. The number of aliphatic hydroxyl groups is 2. The minimum atomic E-state index is -3.52. The van der Waals surface area contributed by atoms with Crippen LogP contribution in [0.15, 0.2) is 85.1 Å². The molecule has 2 aliphatic heterocycles. The zero-order chi connectivity index (χ0) is 30.5. The third-order valence-electron chi connectivity index (χ3n) is 6.75. The van der Waals surface area contributed by atoms with Crippen LogP contribution in [0.3, 0.4) is 0 Å². The Labute approximate surface area is 251 Å². The van der Waals surface area contributed by atoms with Gasteiger partial charge in [-0.25, -0.2) is 5.09 Å². The maximum atomic E-state index is 13.2. The van der Waals surface area contributed by atoms with Crippen molar-refractivity contribution in [2.45, 2.75) is 69.8 Å². The summed E-state index contributed by atoms with van der Waals surface area (Å²) in [5, 5.41) is 25.3. The van der Waals surface area contributed by atoms with Crippen molar-refractivity contribution < 1.29 is 38.3 Å². The average Bonchev–Trinajstić information content (AvgIpc) is 3.16. The highest BCUT2D eigenvalue weighted by atomic mass is 32.5. The van der Waals surface area contributed by atoms with Crippen molar-refractivity contribution in [3.8, 4) is 5.75 Å². The smallest absolute Gasteiger partial charge is 0.324 e. The molecule has 2 aromatic carbocycles. The molecule has 0 radical (unpaired) electrons. The van der Waals surface area contributed by atoms with Gasteiger partial charge in [0.15, 0.2) is 6.23 Å². The molecule has 12 heteroatoms. The second kappa shape index (κ2) is 13.6. The highest BCUT2D eigenvalue weighted by molar-refractivity contribution is 8.09. The van der Waals surface area contributed by atoms with Crippen molar-refractivity contribution in [2.75, 3.05) is 6.61 Å². The van der Waals surface area contributed by atoms with Crippen LogP contribution >= 0.6 is 6.64 Å². The molecule has 2 aliphatic rings. The van der Waals surface area contributed by atoms with E-state index in [4.69, 9.17) is 30.3 Å². The number of nitrogens with one attached hydrogen (secondary N) is 1. The minimum Gasteiger partial charge on any atom is -0.462 e. The summed E-state index contributed by atoms with van der Waals surface area (Å²) in [5.41, 5.74) is -0.326. The van der Waals surface area contributed by atoms with E-state index < -0.39 is 42.7 Å². The molecule has 2 heterocycles. The predicted molar refractivity (Wildman–Crippen MR) is 161 cm³/mol. The minimum absolute atomic E-state index is 0.0641. The number of ether oxygens (including phenoxy) is 2. The van der Waals surface area contributed by atoms with Crippen molar-refractivity contribution in [2.24, 2.45) is 0 Å². The third kappa shape index (κ3) is 7.93. The molecule has 226 valence electrons. The summed E-state index contributed by atoms with van der Waals surface area (Å²) in [6.07, 6.45) is -0.605. The molecule has 0 spiro atoms. The maximum Gasteiger partial charge on any atom is 0.324 e. The number of allylic oxidation sites excluding steroid dienone is 1. The highest BCUT2D eigenvalue weighted by Gasteiger charge is 2.55. The third-order valence-corrected chi connectivity index (χ3v) is 9.18. The lowest BCUT2D eigenvalue weighted by Crippen LogP contribution is -2.53. The SMILES string of the molecule is C=C1C=CN([C@@H]2O[C@H](COP(=S)(NC(Cc3ccccc3)C(=O)OC(C)C)Oc3ccccc3)[C@@H](O)[C@@]2(C)O)C(=O)C1. The van der Waals surface area contributed by atoms with E-state index in [0.717, 1.165) is 5.56 Å². The fraction of sp³-hybridized carbons (Fsp3) is 0.400. The average molecular weight is 617 g/mol. The van der Waals surface area contributed by atoms with Crippen molar-refractivity contribution in [3.05, 3.63) is 90.7 Å². The first-order valence-electron chi connectivity index (χ1n) is 13.6. The standard InChI is InChI=1S/C30H37N2O8PS/c1-20(2)38-28(35)24(18-22-11-7-5-8-12-22)31-41(42,40-23-13-9-6-10-14-23)37-19-25-27(34)30(4,36)29(39-25)32-16-15-21(3)17-26(32)33/h5-16,20,24-25,27,29,34,36H,3,17-19H2,1-2,4H3,(H,31,42)/t24?,25-,27-,29-,30-,41?/m1/s1. The molecule has 3 N–H and O–H groups in total. The van der Waals surface area contributed by atoms with E-state index in [-0.39, 0.29) is 31.5 Å². The van der Waals surface area contributed by atoms with Gasteiger partial charge in [-0.2, -0.15) is 0 Å². The number of carbonyl (C=O) groups is 2. The lowest BCUT2D eigenvalue weighted by molar-refractivity contribution is -0.156. The first-order chi connectivity index (χ1) is 19.9. The molecule has 2 aromatic rings. The van der Waals surface area contributed by atoms with Crippen LogP contribution in [0.5, 0.6) is 5.75 Å². The lowest BCUT2D eigenvalue weighted by atomic mass is 9.95. The Hall–Kier alpha value is -2.89. The number of benzene rings is 2. The van der Waals surface area contributed by atoms with Gasteiger partial charge < -0.3 is 28.7 Å². The van der Waals surface area contributed by atoms with Crippen LogP contribution in [0.25, 0.3) is 0 Å². The molecule has 1 fully saturated rings. The molecular formula is C30H37N2O8PS. The fourth-order valence-electron chi connectivity index (χ4n) is 4.62. The lowest BCUT2D eigenvalue weighted by Gasteiger charge is -2.35. The largest absolute Gasteiger partial charge is 0.462 e. The molecule has 1 amide bonds. The number of aliphatic hydroxyl groups excluding tert-OH is 1. The van der Waals surface area contributed by atoms with Gasteiger partial charge >= 0.3 is 12.6 Å². The second-order valence-electron chi connectivity index (χ2n) is 10.7. The Morgan fingerprint density at radius 1 is 1.21 bits per heavy atom. The van der Waals surface area contributed by atoms with Crippen molar-refractivity contribution in [3.63, 3.8) is 0 Å². The molecule has 6 atom stereocenters. The van der Waals surface area contributed by atoms with Gasteiger partial charge in [-0.3, -0.25) is 14.5 Å². The van der Waals surface area contributed by atoms with Crippen molar-refractivity contribution in [1.82, 2.24) is 9.99 Å². The van der Waals surface area contributed by atoms with Gasteiger partial charge in [0, 0.05) is 6.20 Å². The number of amides is 1. The molecule has 1 saturated heterocycles. The predicted octanol–water partition coefficient (Wildman–Crippen LogP) is 3.60. The van der Waals surface area contributed by atoms with E-state index in [1.54, 1.807) is 44.2 Å². The quantitative estimate of drug-likeness (QED) is 0.241. The van der Waals surface area contributed by atoms with Crippen LogP contribution < -0.4 is 9.61 Å². The molecule has 2 unspecified atom stereocenters. The zero-order valence-corrected chi connectivity index (χ0v) is 25.5. The van der Waals surface area contributed by atoms with E-state index in [0.29, 0.717) is 11.3 Å². The molecule has 10 nitrogen and oxygen atoms in total. The normalized spacial score (nSPS) is 26.2. The monoisotopic (exact) mass is 616 g/mol. The number of rotatable bonds is 12. The molecule has 0 aromatic heterocycles. The number of hydrogen-bond acceptors (Lipinski definition) is 9. The zero-order valence-electron chi connectivity index (χ0n) is 23.8. The Morgan fingerprint density at radius 2 is 1.86 bits per heavy atom. The van der Waals surface area contributed by atoms with Gasteiger partial charge in [-0.15, -0.1) is 0 Å². The Kier molecular flexibility index (Phi) is 10.4. The molecule has 4 rings (SSSR count). The summed E-state index contributed by atoms with van der Waals surface area (Å²) in [5.74, 6) is -0.445. The molecule has 0 aliphatic carbocycles. The van der Waals surface area contributed by atoms with E-state index in [1.807, 2.05) is 36.4 Å². The summed E-state index contributed by atoms with van der Waals surface area (Å²) < 4.78 is 23.8. The van der Waals surface area contributed by atoms with Crippen LogP contribution in [0.1, 0.15) is 32.8 Å². The van der Waals surface area contributed by atoms with E-state index in [9.17, 15) is 19.8 Å². The molecule has 0 bridgehead atoms. The van der Waals surface area contributed by atoms with Gasteiger partial charge in [-0.1, -0.05) is 55.1 Å². The van der Waals surface area contributed by atoms with Crippen LogP contribution in [0.2, 0.25) is 0 Å². The molecule has 0 saturated carbocycles. The van der Waals surface area contributed by atoms with E-state index >= 15 is 0 Å². The first kappa shape index (κ1) is 32.0. The van der Waals surface area contributed by atoms with Crippen molar-refractivity contribution in [1.29, 1.82) is 0 Å². The van der Waals surface area contributed by atoms with Gasteiger partial charge in [0.1, 0.15) is 29.6 Å². The number of hydrogen-bond donors (Lipinski definition) is 3. The fourth-order valence-corrected chi connectivity index (χ4v) is 6.94. The van der Waals surface area contributed by atoms with E-state index in [2.05, 4.69) is 11.7 Å². The van der Waals surface area contributed by atoms with Crippen LogP contribution in [-0.2, 0) is 41.8 Å². The summed E-state index contributed by atoms with van der Waals surface area (Å²) >= 11 is 5.89. The topological polar surface area (TPSA) is 127 Å². The van der Waals surface area contributed by atoms with Crippen LogP contribution in [-0.4, -0.2) is 69.8 Å². The Bertz CT molecular complexity index is 1340. The summed E-state index contributed by atoms with van der Waals surface area (Å²) in [4.78, 5) is 27.1. The second-order valence-corrected chi connectivity index (χ2v) is 13.8. The Morgan fingerprint density at radius 3 is 2.48 bits per heavy atom. The van der Waals surface area contributed by atoms with Gasteiger partial charge in [-0.05, 0) is 68.3 Å². The van der Waals surface area contributed by atoms with Gasteiger partial charge in [0.25, 0.3) is 0 Å². The first-order valence-corrected chi connectivity index (χ1v) is 16.3. The number of para-hydroxylation sites is 1. The summed E-state index contributed by atoms with van der Waals surface area (Å²) in [7, 11) is 0. The number of esters is 1. The Balaban J connectivity index is 1.57. The van der Waals surface area contributed by atoms with E-state index in [1.165, 1.54) is 18.0 Å². The number of nitrogens with zero attached hydrogens (tertiary/aromatic N) is 1. The van der Waals surface area contributed by atoms with Crippen molar-refractivity contribution >= 4 is 30.3 Å². The van der Waals surface area contributed by atoms with Crippen LogP contribution in [0, 0.1) is 0 Å². The molecule has 42 heavy (non-hydrogen) atoms. The molecular weight excluding hydrogens is 579 g/mol. The van der Waals surface area contributed by atoms with Gasteiger partial charge in [0.2, 0.25) is 5.91 Å². The highest BCUT2D eigenvalue weighted by Crippen LogP contribution is 2.47.